The molecule has 0 unspecified atom stereocenters. The van der Waals surface area contributed by atoms with Crippen LogP contribution in [0.25, 0.3) is 6.08 Å². The minimum Gasteiger partial charge on any atom is -0.474 e. The highest BCUT2D eigenvalue weighted by Crippen LogP contribution is 2.41. The topological polar surface area (TPSA) is 35.5 Å². The van der Waals surface area contributed by atoms with Gasteiger partial charge in [0.05, 0.1) is 16.3 Å². The van der Waals surface area contributed by atoms with Crippen LogP contribution < -0.4 is 4.74 Å². The van der Waals surface area contributed by atoms with Gasteiger partial charge >= 0.3 is 12.1 Å². The molecule has 0 saturated carbocycles. The zero-order valence-electron chi connectivity index (χ0n) is 9.92. The lowest BCUT2D eigenvalue weighted by Gasteiger charge is -2.28. The number of benzene rings is 1. The number of halogens is 5. The van der Waals surface area contributed by atoms with Crippen molar-refractivity contribution in [1.82, 2.24) is 0 Å². The number of alkyl halides is 3. The Bertz CT molecular complexity index is 598. The summed E-state index contributed by atoms with van der Waals surface area (Å²) in [6, 6.07) is 3.21. The number of carbonyl (C=O) groups excluding carboxylic acids is 1. The molecule has 8 heteroatoms. The van der Waals surface area contributed by atoms with Crippen molar-refractivity contribution in [2.75, 3.05) is 7.11 Å². The first-order chi connectivity index (χ1) is 9.24. The van der Waals surface area contributed by atoms with Gasteiger partial charge in [-0.05, 0) is 40.8 Å². The molecule has 2 rings (SSSR count). The molecule has 0 bridgehead atoms. The van der Waals surface area contributed by atoms with Crippen LogP contribution in [0.5, 0.6) is 5.75 Å². The van der Waals surface area contributed by atoms with Gasteiger partial charge in [-0.1, -0.05) is 15.9 Å². The average molecular weight is 463 g/mol. The second-order valence-electron chi connectivity index (χ2n) is 3.94. The van der Waals surface area contributed by atoms with Gasteiger partial charge in [-0.3, -0.25) is 0 Å². The summed E-state index contributed by atoms with van der Waals surface area (Å²) in [6.45, 7) is 0. The third kappa shape index (κ3) is 2.95. The zero-order valence-corrected chi connectivity index (χ0v) is 13.7. The van der Waals surface area contributed by atoms with Crippen LogP contribution in [0, 0.1) is 3.57 Å². The fourth-order valence-corrected chi connectivity index (χ4v) is 3.44. The maximum absolute atomic E-state index is 13.0. The Morgan fingerprint density at radius 2 is 2.10 bits per heavy atom. The van der Waals surface area contributed by atoms with Gasteiger partial charge in [0.25, 0.3) is 0 Å². The Hall–Kier alpha value is -0.770. The number of methoxy groups -OCH3 is 1. The summed E-state index contributed by atoms with van der Waals surface area (Å²) in [5, 5.41) is 0. The lowest BCUT2D eigenvalue weighted by Crippen LogP contribution is -2.40. The smallest absolute Gasteiger partial charge is 0.430 e. The summed E-state index contributed by atoms with van der Waals surface area (Å²) in [5.41, 5.74) is -0.175. The lowest BCUT2D eigenvalue weighted by molar-refractivity contribution is -0.187. The number of rotatable bonds is 1. The number of carbonyl (C=O) groups is 1. The van der Waals surface area contributed by atoms with E-state index in [0.717, 1.165) is 13.2 Å². The molecule has 1 atom stereocenters. The molecule has 1 aliphatic rings. The zero-order chi connectivity index (χ0) is 15.1. The summed E-state index contributed by atoms with van der Waals surface area (Å²) in [4.78, 5) is 11.5. The largest absolute Gasteiger partial charge is 0.474 e. The molecule has 0 N–H and O–H groups in total. The maximum Gasteiger partial charge on any atom is 0.430 e. The van der Waals surface area contributed by atoms with E-state index >= 15 is 0 Å². The molecule has 1 aromatic carbocycles. The number of hydrogen-bond donors (Lipinski definition) is 0. The summed E-state index contributed by atoms with van der Waals surface area (Å²) >= 11 is 5.11. The molecule has 0 aliphatic carbocycles. The average Bonchev–Trinajstić information content (AvgIpc) is 2.35. The minimum absolute atomic E-state index is 0.101. The van der Waals surface area contributed by atoms with Gasteiger partial charge in [-0.25, -0.2) is 4.79 Å². The van der Waals surface area contributed by atoms with Crippen molar-refractivity contribution in [1.29, 1.82) is 0 Å². The first kappa shape index (κ1) is 15.6. The van der Waals surface area contributed by atoms with Crippen molar-refractivity contribution in [3.05, 3.63) is 31.3 Å². The molecule has 1 heterocycles. The van der Waals surface area contributed by atoms with Crippen LogP contribution in [-0.2, 0) is 9.53 Å². The fourth-order valence-electron chi connectivity index (χ4n) is 1.76. The molecular formula is C12H7BrF3IO3. The highest BCUT2D eigenvalue weighted by Gasteiger charge is 2.49. The van der Waals surface area contributed by atoms with Crippen molar-refractivity contribution in [2.24, 2.45) is 0 Å². The van der Waals surface area contributed by atoms with Crippen molar-refractivity contribution in [3.8, 4) is 5.75 Å². The Labute approximate surface area is 134 Å². The summed E-state index contributed by atoms with van der Waals surface area (Å²) in [6.07, 6.45) is -5.87. The maximum atomic E-state index is 13.0. The molecule has 0 radical (unpaired) electrons. The molecule has 0 aromatic heterocycles. The Kier molecular flexibility index (Phi) is 4.33. The third-order valence-corrected chi connectivity index (χ3v) is 3.84. The molecule has 1 aliphatic heterocycles. The van der Waals surface area contributed by atoms with Crippen LogP contribution >= 0.6 is 38.5 Å². The number of fused-ring (bicyclic) bond motifs is 1. The second kappa shape index (κ2) is 5.55. The molecule has 0 amide bonds. The number of esters is 1. The normalized spacial score (nSPS) is 17.9. The first-order valence-corrected chi connectivity index (χ1v) is 7.13. The SMILES string of the molecule is COC(=O)C1=Cc2cc(Br)cc(I)c2O[C@@H]1C(F)(F)F. The van der Waals surface area contributed by atoms with Crippen LogP contribution in [0.15, 0.2) is 22.2 Å². The van der Waals surface area contributed by atoms with E-state index in [0.29, 0.717) is 13.6 Å². The second-order valence-corrected chi connectivity index (χ2v) is 6.01. The van der Waals surface area contributed by atoms with E-state index in [1.54, 1.807) is 12.1 Å². The van der Waals surface area contributed by atoms with Crippen molar-refractivity contribution < 1.29 is 27.4 Å². The van der Waals surface area contributed by atoms with E-state index in [1.807, 2.05) is 22.6 Å². The quantitative estimate of drug-likeness (QED) is 0.468. The van der Waals surface area contributed by atoms with Gasteiger partial charge in [-0.2, -0.15) is 13.2 Å². The van der Waals surface area contributed by atoms with Crippen LogP contribution in [0.4, 0.5) is 13.2 Å². The molecule has 0 fully saturated rings. The molecule has 0 saturated heterocycles. The van der Waals surface area contributed by atoms with E-state index in [9.17, 15) is 18.0 Å². The Balaban J connectivity index is 2.60. The Morgan fingerprint density at radius 3 is 2.65 bits per heavy atom. The van der Waals surface area contributed by atoms with Gasteiger partial charge in [-0.15, -0.1) is 0 Å². The third-order valence-electron chi connectivity index (χ3n) is 2.58. The van der Waals surface area contributed by atoms with Crippen LogP contribution in [0.3, 0.4) is 0 Å². The standard InChI is InChI=1S/C12H7BrF3IO3/c1-19-11(18)7-3-5-2-6(13)4-8(17)9(5)20-10(7)12(14,15)16/h2-4,10H,1H3/t10-/m0/s1. The highest BCUT2D eigenvalue weighted by molar-refractivity contribution is 14.1. The predicted octanol–water partition coefficient (Wildman–Crippen LogP) is 3.93. The Morgan fingerprint density at radius 1 is 1.45 bits per heavy atom. The fraction of sp³-hybridized carbons (Fsp3) is 0.250. The van der Waals surface area contributed by atoms with Crippen LogP contribution in [0.2, 0.25) is 0 Å². The van der Waals surface area contributed by atoms with Crippen molar-refractivity contribution in [2.45, 2.75) is 12.3 Å². The summed E-state index contributed by atoms with van der Waals surface area (Å²) in [5.74, 6) is -0.961. The van der Waals surface area contributed by atoms with E-state index in [1.165, 1.54) is 0 Å². The van der Waals surface area contributed by atoms with Gasteiger partial charge in [0.1, 0.15) is 5.75 Å². The van der Waals surface area contributed by atoms with Gasteiger partial charge in [0.15, 0.2) is 0 Å². The highest BCUT2D eigenvalue weighted by atomic mass is 127. The van der Waals surface area contributed by atoms with Gasteiger partial charge in [0, 0.05) is 10.0 Å². The monoisotopic (exact) mass is 462 g/mol. The van der Waals surface area contributed by atoms with E-state index < -0.39 is 23.8 Å². The van der Waals surface area contributed by atoms with Crippen molar-refractivity contribution in [3.63, 3.8) is 0 Å². The minimum atomic E-state index is -4.70. The predicted molar refractivity (Wildman–Crippen MR) is 77.3 cm³/mol. The molecular weight excluding hydrogens is 456 g/mol. The summed E-state index contributed by atoms with van der Waals surface area (Å²) < 4.78 is 49.6. The van der Waals surface area contributed by atoms with Crippen molar-refractivity contribution >= 4 is 50.6 Å². The molecule has 108 valence electrons. The number of ether oxygens (including phenoxy) is 2. The molecule has 1 aromatic rings. The van der Waals surface area contributed by atoms with Gasteiger partial charge in [0.2, 0.25) is 6.10 Å². The summed E-state index contributed by atoms with van der Waals surface area (Å²) in [7, 11) is 1.02. The molecule has 20 heavy (non-hydrogen) atoms. The van der Waals surface area contributed by atoms with Crippen LogP contribution in [-0.4, -0.2) is 25.4 Å². The van der Waals surface area contributed by atoms with E-state index in [4.69, 9.17) is 4.74 Å². The van der Waals surface area contributed by atoms with E-state index in [2.05, 4.69) is 20.7 Å². The van der Waals surface area contributed by atoms with Crippen LogP contribution in [0.1, 0.15) is 5.56 Å². The van der Waals surface area contributed by atoms with Gasteiger partial charge < -0.3 is 9.47 Å². The van der Waals surface area contributed by atoms with E-state index in [-0.39, 0.29) is 5.75 Å². The molecule has 3 nitrogen and oxygen atoms in total. The lowest BCUT2D eigenvalue weighted by atomic mass is 10.0. The molecule has 0 spiro atoms. The first-order valence-electron chi connectivity index (χ1n) is 5.26. The number of hydrogen-bond acceptors (Lipinski definition) is 3.